The Bertz CT molecular complexity index is 221. The molecule has 6 heteroatoms. The van der Waals surface area contributed by atoms with Gasteiger partial charge in [0, 0.05) is 32.1 Å². The lowest BCUT2D eigenvalue weighted by Gasteiger charge is -2.37. The summed E-state index contributed by atoms with van der Waals surface area (Å²) in [5.41, 5.74) is 0. The summed E-state index contributed by atoms with van der Waals surface area (Å²) >= 11 is 5.83. The van der Waals surface area contributed by atoms with Crippen LogP contribution >= 0.6 is 11.6 Å². The largest absolute Gasteiger partial charge is 0.382 e. The minimum Gasteiger partial charge on any atom is -0.382 e. The van der Waals surface area contributed by atoms with Crippen molar-refractivity contribution in [3.05, 3.63) is 0 Å². The smallest absolute Gasteiger partial charge is 0.0837 e. The molecular formula is C13H26ClNO4. The lowest BCUT2D eigenvalue weighted by Crippen LogP contribution is -2.49. The van der Waals surface area contributed by atoms with Gasteiger partial charge in [-0.05, 0) is 6.92 Å². The van der Waals surface area contributed by atoms with Gasteiger partial charge < -0.3 is 18.9 Å². The van der Waals surface area contributed by atoms with E-state index in [2.05, 4.69) is 11.8 Å². The van der Waals surface area contributed by atoms with Crippen molar-refractivity contribution in [1.82, 2.24) is 4.90 Å². The lowest BCUT2D eigenvalue weighted by molar-refractivity contribution is -0.0578. The first-order valence-corrected chi connectivity index (χ1v) is 7.37. The van der Waals surface area contributed by atoms with Crippen molar-refractivity contribution >= 4 is 11.6 Å². The zero-order valence-electron chi connectivity index (χ0n) is 12.0. The SMILES string of the molecule is COCCOCCOCCN1CC(CCl)OCC1C. The molecule has 1 saturated heterocycles. The van der Waals surface area contributed by atoms with E-state index in [1.807, 2.05) is 0 Å². The Kier molecular flexibility index (Phi) is 9.77. The van der Waals surface area contributed by atoms with E-state index in [-0.39, 0.29) is 6.10 Å². The Morgan fingerprint density at radius 3 is 2.53 bits per heavy atom. The first-order chi connectivity index (χ1) is 9.27. The highest BCUT2D eigenvalue weighted by Gasteiger charge is 2.24. The molecular weight excluding hydrogens is 270 g/mol. The molecule has 5 nitrogen and oxygen atoms in total. The summed E-state index contributed by atoms with van der Waals surface area (Å²) in [6, 6.07) is 0.431. The first kappa shape index (κ1) is 17.1. The van der Waals surface area contributed by atoms with Crippen molar-refractivity contribution in [2.24, 2.45) is 0 Å². The maximum absolute atomic E-state index is 5.83. The molecule has 2 atom stereocenters. The summed E-state index contributed by atoms with van der Waals surface area (Å²) in [5.74, 6) is 0.553. The van der Waals surface area contributed by atoms with Crippen LogP contribution in [0.5, 0.6) is 0 Å². The molecule has 0 aliphatic carbocycles. The molecule has 114 valence electrons. The number of halogens is 1. The minimum atomic E-state index is 0.148. The second-order valence-electron chi connectivity index (χ2n) is 4.67. The van der Waals surface area contributed by atoms with Gasteiger partial charge in [-0.1, -0.05) is 0 Å². The van der Waals surface area contributed by atoms with Crippen LogP contribution in [0, 0.1) is 0 Å². The monoisotopic (exact) mass is 295 g/mol. The molecule has 0 saturated carbocycles. The first-order valence-electron chi connectivity index (χ1n) is 6.84. The van der Waals surface area contributed by atoms with Gasteiger partial charge in [-0.2, -0.15) is 0 Å². The molecule has 1 fully saturated rings. The van der Waals surface area contributed by atoms with Crippen LogP contribution in [-0.4, -0.2) is 82.8 Å². The highest BCUT2D eigenvalue weighted by atomic mass is 35.5. The van der Waals surface area contributed by atoms with Crippen LogP contribution in [0.4, 0.5) is 0 Å². The van der Waals surface area contributed by atoms with E-state index in [1.54, 1.807) is 7.11 Å². The summed E-state index contributed by atoms with van der Waals surface area (Å²) in [6.45, 7) is 7.92. The van der Waals surface area contributed by atoms with Crippen LogP contribution in [0.15, 0.2) is 0 Å². The topological polar surface area (TPSA) is 40.2 Å². The predicted octanol–water partition coefficient (Wildman–Crippen LogP) is 0.994. The lowest BCUT2D eigenvalue weighted by atomic mass is 10.2. The Morgan fingerprint density at radius 2 is 1.84 bits per heavy atom. The second-order valence-corrected chi connectivity index (χ2v) is 4.98. The van der Waals surface area contributed by atoms with Crippen molar-refractivity contribution in [3.8, 4) is 0 Å². The average Bonchev–Trinajstić information content (AvgIpc) is 2.43. The van der Waals surface area contributed by atoms with Crippen molar-refractivity contribution in [3.63, 3.8) is 0 Å². The predicted molar refractivity (Wildman–Crippen MR) is 75.0 cm³/mol. The summed E-state index contributed by atoms with van der Waals surface area (Å²) in [7, 11) is 1.66. The molecule has 2 unspecified atom stereocenters. The Morgan fingerprint density at radius 1 is 1.16 bits per heavy atom. The van der Waals surface area contributed by atoms with Gasteiger partial charge in [0.25, 0.3) is 0 Å². The fourth-order valence-electron chi connectivity index (χ4n) is 1.93. The zero-order valence-corrected chi connectivity index (χ0v) is 12.7. The number of hydrogen-bond acceptors (Lipinski definition) is 5. The molecule has 1 heterocycles. The van der Waals surface area contributed by atoms with Crippen LogP contribution in [0.25, 0.3) is 0 Å². The molecule has 0 N–H and O–H groups in total. The maximum atomic E-state index is 5.83. The number of methoxy groups -OCH3 is 1. The quantitative estimate of drug-likeness (QED) is 0.444. The molecule has 0 spiro atoms. The highest BCUT2D eigenvalue weighted by Crippen LogP contribution is 2.12. The van der Waals surface area contributed by atoms with Crippen LogP contribution in [0.2, 0.25) is 0 Å². The van der Waals surface area contributed by atoms with Gasteiger partial charge in [-0.25, -0.2) is 0 Å². The molecule has 0 aromatic rings. The van der Waals surface area contributed by atoms with Gasteiger partial charge in [0.05, 0.1) is 45.7 Å². The molecule has 0 radical (unpaired) electrons. The number of hydrogen-bond donors (Lipinski definition) is 0. The van der Waals surface area contributed by atoms with Crippen LogP contribution < -0.4 is 0 Å². The van der Waals surface area contributed by atoms with E-state index in [9.17, 15) is 0 Å². The van der Waals surface area contributed by atoms with Gasteiger partial charge in [-0.3, -0.25) is 4.90 Å². The standard InChI is InChI=1S/C13H26ClNO4/c1-12-11-19-13(9-14)10-15(12)3-4-17-7-8-18-6-5-16-2/h12-13H,3-11H2,1-2H3. The van der Waals surface area contributed by atoms with E-state index in [4.69, 9.17) is 30.5 Å². The summed E-state index contributed by atoms with van der Waals surface area (Å²) in [5, 5.41) is 0. The van der Waals surface area contributed by atoms with E-state index in [0.29, 0.717) is 45.0 Å². The summed E-state index contributed by atoms with van der Waals surface area (Å²) < 4.78 is 21.4. The molecule has 0 aromatic heterocycles. The molecule has 0 bridgehead atoms. The Hall–Kier alpha value is 0.0900. The number of morpholine rings is 1. The molecule has 1 aliphatic rings. The van der Waals surface area contributed by atoms with Crippen molar-refractivity contribution in [2.45, 2.75) is 19.1 Å². The Labute approximate surface area is 121 Å². The van der Waals surface area contributed by atoms with Crippen LogP contribution in [0.3, 0.4) is 0 Å². The normalized spacial score (nSPS) is 24.8. The summed E-state index contributed by atoms with van der Waals surface area (Å²) in [6.07, 6.45) is 0.148. The van der Waals surface area contributed by atoms with Crippen molar-refractivity contribution in [2.75, 3.05) is 65.7 Å². The van der Waals surface area contributed by atoms with E-state index < -0.39 is 0 Å². The van der Waals surface area contributed by atoms with Crippen molar-refractivity contribution in [1.29, 1.82) is 0 Å². The molecule has 0 aromatic carbocycles. The number of nitrogens with zero attached hydrogens (tertiary/aromatic N) is 1. The van der Waals surface area contributed by atoms with Gasteiger partial charge in [0.2, 0.25) is 0 Å². The fraction of sp³-hybridized carbons (Fsp3) is 1.00. The minimum absolute atomic E-state index is 0.148. The van der Waals surface area contributed by atoms with Crippen LogP contribution in [-0.2, 0) is 18.9 Å². The number of rotatable bonds is 10. The Balaban J connectivity index is 1.98. The van der Waals surface area contributed by atoms with E-state index >= 15 is 0 Å². The molecule has 1 aliphatic heterocycles. The average molecular weight is 296 g/mol. The van der Waals surface area contributed by atoms with Crippen molar-refractivity contribution < 1.29 is 18.9 Å². The van der Waals surface area contributed by atoms with Gasteiger partial charge in [0.1, 0.15) is 0 Å². The third kappa shape index (κ3) is 7.44. The molecule has 19 heavy (non-hydrogen) atoms. The van der Waals surface area contributed by atoms with E-state index in [0.717, 1.165) is 19.7 Å². The third-order valence-electron chi connectivity index (χ3n) is 3.13. The van der Waals surface area contributed by atoms with E-state index in [1.165, 1.54) is 0 Å². The molecule has 0 amide bonds. The van der Waals surface area contributed by atoms with Gasteiger partial charge >= 0.3 is 0 Å². The fourth-order valence-corrected chi connectivity index (χ4v) is 2.11. The number of alkyl halides is 1. The van der Waals surface area contributed by atoms with Gasteiger partial charge in [0.15, 0.2) is 0 Å². The number of ether oxygens (including phenoxy) is 4. The van der Waals surface area contributed by atoms with Gasteiger partial charge in [-0.15, -0.1) is 11.6 Å². The second kappa shape index (κ2) is 10.8. The molecule has 1 rings (SSSR count). The summed E-state index contributed by atoms with van der Waals surface area (Å²) in [4.78, 5) is 2.36. The zero-order chi connectivity index (χ0) is 13.9. The maximum Gasteiger partial charge on any atom is 0.0837 e. The van der Waals surface area contributed by atoms with Crippen LogP contribution in [0.1, 0.15) is 6.92 Å². The highest BCUT2D eigenvalue weighted by molar-refractivity contribution is 6.18. The third-order valence-corrected chi connectivity index (χ3v) is 3.48.